The van der Waals surface area contributed by atoms with Crippen molar-refractivity contribution in [3.8, 4) is 0 Å². The molecule has 6 heteroatoms. The summed E-state index contributed by atoms with van der Waals surface area (Å²) in [6.07, 6.45) is 1.09. The lowest BCUT2D eigenvalue weighted by atomic mass is 10.2. The lowest BCUT2D eigenvalue weighted by Gasteiger charge is -2.05. The summed E-state index contributed by atoms with van der Waals surface area (Å²) in [5.41, 5.74) is 0.829. The fourth-order valence-corrected chi connectivity index (χ4v) is 2.21. The summed E-state index contributed by atoms with van der Waals surface area (Å²) < 4.78 is 0. The minimum Gasteiger partial charge on any atom is -0.389 e. The van der Waals surface area contributed by atoms with Gasteiger partial charge in [-0.1, -0.05) is 17.8 Å². The maximum absolute atomic E-state index is 10.5. The van der Waals surface area contributed by atoms with Crippen LogP contribution in [0.4, 0.5) is 5.69 Å². The molecule has 0 saturated heterocycles. The summed E-state index contributed by atoms with van der Waals surface area (Å²) in [5.74, 6) is 0. The van der Waals surface area contributed by atoms with Crippen molar-refractivity contribution in [2.75, 3.05) is 0 Å². The Labute approximate surface area is 114 Å². The molecule has 1 aromatic carbocycles. The summed E-state index contributed by atoms with van der Waals surface area (Å²) in [6.45, 7) is 1.68. The summed E-state index contributed by atoms with van der Waals surface area (Å²) in [6, 6.07) is 9.93. The van der Waals surface area contributed by atoms with Crippen LogP contribution in [0.5, 0.6) is 0 Å². The maximum atomic E-state index is 10.5. The second kappa shape index (κ2) is 5.81. The highest BCUT2D eigenvalue weighted by Gasteiger charge is 2.06. The van der Waals surface area contributed by atoms with Gasteiger partial charge in [-0.05, 0) is 30.7 Å². The molecule has 0 saturated carbocycles. The van der Waals surface area contributed by atoms with Crippen LogP contribution in [0.2, 0.25) is 0 Å². The van der Waals surface area contributed by atoms with Gasteiger partial charge in [0, 0.05) is 23.2 Å². The largest absolute Gasteiger partial charge is 0.389 e. The standard InChI is InChI=1S/C13H12N2O3S/c1-9(16)10-2-7-13(14-8-10)19-12-5-3-11(4-6-12)15(17)18/h2-9,16H,1H3. The van der Waals surface area contributed by atoms with Crippen molar-refractivity contribution in [3.63, 3.8) is 0 Å². The first-order valence-electron chi connectivity index (χ1n) is 5.62. The van der Waals surface area contributed by atoms with Crippen LogP contribution in [0.15, 0.2) is 52.5 Å². The SMILES string of the molecule is CC(O)c1ccc(Sc2ccc([N+](=O)[O-])cc2)nc1. The topological polar surface area (TPSA) is 76.3 Å². The van der Waals surface area contributed by atoms with Gasteiger partial charge in [0.05, 0.1) is 11.0 Å². The molecule has 0 amide bonds. The average Bonchev–Trinajstić information content (AvgIpc) is 2.40. The Hall–Kier alpha value is -1.92. The molecule has 0 spiro atoms. The van der Waals surface area contributed by atoms with E-state index in [-0.39, 0.29) is 5.69 Å². The summed E-state index contributed by atoms with van der Waals surface area (Å²) in [7, 11) is 0. The van der Waals surface area contributed by atoms with Gasteiger partial charge >= 0.3 is 0 Å². The Bertz CT molecular complexity index is 567. The first-order valence-corrected chi connectivity index (χ1v) is 6.44. The van der Waals surface area contributed by atoms with E-state index in [9.17, 15) is 15.2 Å². The fraction of sp³-hybridized carbons (Fsp3) is 0.154. The monoisotopic (exact) mass is 276 g/mol. The Balaban J connectivity index is 2.10. The second-order valence-electron chi connectivity index (χ2n) is 3.96. The third-order valence-electron chi connectivity index (χ3n) is 2.51. The van der Waals surface area contributed by atoms with E-state index >= 15 is 0 Å². The van der Waals surface area contributed by atoms with Crippen LogP contribution in [0.1, 0.15) is 18.6 Å². The van der Waals surface area contributed by atoms with Crippen LogP contribution in [-0.4, -0.2) is 15.0 Å². The molecule has 98 valence electrons. The number of aliphatic hydroxyl groups is 1. The minimum absolute atomic E-state index is 0.0711. The fourth-order valence-electron chi connectivity index (χ4n) is 1.46. The van der Waals surface area contributed by atoms with E-state index in [1.54, 1.807) is 25.3 Å². The molecule has 0 aliphatic heterocycles. The smallest absolute Gasteiger partial charge is 0.269 e. The Morgan fingerprint density at radius 2 is 1.95 bits per heavy atom. The number of nitrogens with zero attached hydrogens (tertiary/aromatic N) is 2. The molecule has 0 bridgehead atoms. The molecule has 1 heterocycles. The van der Waals surface area contributed by atoms with Crippen LogP contribution in [0.25, 0.3) is 0 Å². The zero-order valence-electron chi connectivity index (χ0n) is 10.2. The number of pyridine rings is 1. The molecule has 19 heavy (non-hydrogen) atoms. The van der Waals surface area contributed by atoms with Crippen molar-refractivity contribution in [1.29, 1.82) is 0 Å². The van der Waals surface area contributed by atoms with E-state index in [0.29, 0.717) is 0 Å². The quantitative estimate of drug-likeness (QED) is 0.685. The molecular formula is C13H12N2O3S. The molecule has 0 aliphatic rings. The number of rotatable bonds is 4. The van der Waals surface area contributed by atoms with Crippen molar-refractivity contribution in [2.24, 2.45) is 0 Å². The number of nitro groups is 1. The summed E-state index contributed by atoms with van der Waals surface area (Å²) in [4.78, 5) is 15.2. The van der Waals surface area contributed by atoms with Crippen LogP contribution >= 0.6 is 11.8 Å². The van der Waals surface area contributed by atoms with Crippen molar-refractivity contribution in [1.82, 2.24) is 4.98 Å². The van der Waals surface area contributed by atoms with Gasteiger partial charge in [-0.25, -0.2) is 4.98 Å². The van der Waals surface area contributed by atoms with E-state index in [0.717, 1.165) is 15.5 Å². The van der Waals surface area contributed by atoms with Gasteiger partial charge in [0.2, 0.25) is 0 Å². The summed E-state index contributed by atoms with van der Waals surface area (Å²) in [5, 5.41) is 20.7. The van der Waals surface area contributed by atoms with Crippen LogP contribution in [-0.2, 0) is 0 Å². The molecule has 2 rings (SSSR count). The van der Waals surface area contributed by atoms with Crippen molar-refractivity contribution < 1.29 is 10.0 Å². The van der Waals surface area contributed by atoms with E-state index < -0.39 is 11.0 Å². The van der Waals surface area contributed by atoms with Crippen LogP contribution < -0.4 is 0 Å². The molecule has 1 N–H and O–H groups in total. The number of benzene rings is 1. The van der Waals surface area contributed by atoms with Crippen molar-refractivity contribution >= 4 is 17.4 Å². The number of nitro benzene ring substituents is 1. The number of aromatic nitrogens is 1. The lowest BCUT2D eigenvalue weighted by Crippen LogP contribution is -1.92. The zero-order chi connectivity index (χ0) is 13.8. The normalized spacial score (nSPS) is 12.1. The van der Waals surface area contributed by atoms with Gasteiger partial charge in [-0.3, -0.25) is 10.1 Å². The highest BCUT2D eigenvalue weighted by molar-refractivity contribution is 7.99. The molecule has 2 aromatic rings. The van der Waals surface area contributed by atoms with E-state index in [1.165, 1.54) is 23.9 Å². The molecule has 5 nitrogen and oxygen atoms in total. The van der Waals surface area contributed by atoms with E-state index in [1.807, 2.05) is 12.1 Å². The van der Waals surface area contributed by atoms with Gasteiger partial charge < -0.3 is 5.11 Å². The first-order chi connectivity index (χ1) is 9.06. The molecule has 0 fully saturated rings. The Kier molecular flexibility index (Phi) is 4.13. The molecule has 1 aromatic heterocycles. The molecule has 0 radical (unpaired) electrons. The van der Waals surface area contributed by atoms with Crippen LogP contribution in [0.3, 0.4) is 0 Å². The number of hydrogen-bond donors (Lipinski definition) is 1. The molecule has 1 atom stereocenters. The van der Waals surface area contributed by atoms with Gasteiger partial charge in [0.25, 0.3) is 5.69 Å². The minimum atomic E-state index is -0.536. The van der Waals surface area contributed by atoms with Gasteiger partial charge in [-0.15, -0.1) is 0 Å². The highest BCUT2D eigenvalue weighted by atomic mass is 32.2. The van der Waals surface area contributed by atoms with Gasteiger partial charge in [0.1, 0.15) is 5.03 Å². The van der Waals surface area contributed by atoms with Crippen molar-refractivity contribution in [3.05, 3.63) is 58.3 Å². The predicted molar refractivity (Wildman–Crippen MR) is 72.1 cm³/mol. The zero-order valence-corrected chi connectivity index (χ0v) is 11.0. The van der Waals surface area contributed by atoms with E-state index in [4.69, 9.17) is 0 Å². The van der Waals surface area contributed by atoms with E-state index in [2.05, 4.69) is 4.98 Å². The molecule has 0 aliphatic carbocycles. The summed E-state index contributed by atoms with van der Waals surface area (Å²) >= 11 is 1.41. The third-order valence-corrected chi connectivity index (χ3v) is 3.47. The molecular weight excluding hydrogens is 264 g/mol. The van der Waals surface area contributed by atoms with Gasteiger partial charge in [-0.2, -0.15) is 0 Å². The number of hydrogen-bond acceptors (Lipinski definition) is 5. The Morgan fingerprint density at radius 1 is 1.26 bits per heavy atom. The average molecular weight is 276 g/mol. The lowest BCUT2D eigenvalue weighted by molar-refractivity contribution is -0.384. The highest BCUT2D eigenvalue weighted by Crippen LogP contribution is 2.28. The Morgan fingerprint density at radius 3 is 2.42 bits per heavy atom. The second-order valence-corrected chi connectivity index (χ2v) is 5.05. The van der Waals surface area contributed by atoms with Crippen LogP contribution in [0, 0.1) is 10.1 Å². The molecule has 1 unspecified atom stereocenters. The number of aliphatic hydroxyl groups excluding tert-OH is 1. The maximum Gasteiger partial charge on any atom is 0.269 e. The third kappa shape index (κ3) is 3.52. The van der Waals surface area contributed by atoms with Crippen molar-refractivity contribution in [2.45, 2.75) is 22.9 Å². The van der Waals surface area contributed by atoms with Gasteiger partial charge in [0.15, 0.2) is 0 Å². The predicted octanol–water partition coefficient (Wildman–Crippen LogP) is 3.19. The number of non-ortho nitro benzene ring substituents is 1. The first kappa shape index (κ1) is 13.5.